The predicted octanol–water partition coefficient (Wildman–Crippen LogP) is 4.31. The topological polar surface area (TPSA) is 12.0 Å². The second-order valence-corrected chi connectivity index (χ2v) is 4.44. The van der Waals surface area contributed by atoms with Crippen LogP contribution in [-0.2, 0) is 13.0 Å². The first-order chi connectivity index (χ1) is 8.70. The van der Waals surface area contributed by atoms with E-state index in [1.807, 2.05) is 18.2 Å². The average Bonchev–Trinajstić information content (AvgIpc) is 2.40. The molecule has 2 aromatic rings. The van der Waals surface area contributed by atoms with Gasteiger partial charge in [0, 0.05) is 12.2 Å². The van der Waals surface area contributed by atoms with Crippen LogP contribution in [0.5, 0.6) is 0 Å². The molecular weight excluding hydrogens is 225 g/mol. The minimum Gasteiger partial charge on any atom is -0.381 e. The molecule has 2 heteroatoms. The molecule has 0 bridgehead atoms. The lowest BCUT2D eigenvalue weighted by Crippen LogP contribution is -2.02. The standard InChI is InChI=1S/C16H18FN/c1-3-13-6-4-5-7-14(13)11-18-15-9-8-12(2)16(17)10-15/h4-10,18H,3,11H2,1-2H3. The zero-order chi connectivity index (χ0) is 13.0. The second kappa shape index (κ2) is 5.67. The lowest BCUT2D eigenvalue weighted by atomic mass is 10.1. The van der Waals surface area contributed by atoms with E-state index in [1.165, 1.54) is 11.1 Å². The van der Waals surface area contributed by atoms with E-state index >= 15 is 0 Å². The van der Waals surface area contributed by atoms with E-state index in [2.05, 4.69) is 24.4 Å². The molecule has 0 aliphatic carbocycles. The van der Waals surface area contributed by atoms with E-state index < -0.39 is 0 Å². The van der Waals surface area contributed by atoms with Crippen molar-refractivity contribution in [2.45, 2.75) is 26.8 Å². The fourth-order valence-corrected chi connectivity index (χ4v) is 1.97. The molecule has 0 aliphatic heterocycles. The third kappa shape index (κ3) is 2.89. The SMILES string of the molecule is CCc1ccccc1CNc1ccc(C)c(F)c1. The normalized spacial score (nSPS) is 10.4. The van der Waals surface area contributed by atoms with Crippen LogP contribution in [0, 0.1) is 12.7 Å². The zero-order valence-electron chi connectivity index (χ0n) is 10.8. The number of nitrogens with one attached hydrogen (secondary N) is 1. The van der Waals surface area contributed by atoms with E-state index in [0.29, 0.717) is 5.56 Å². The van der Waals surface area contributed by atoms with Crippen molar-refractivity contribution >= 4 is 5.69 Å². The van der Waals surface area contributed by atoms with Gasteiger partial charge in [-0.15, -0.1) is 0 Å². The molecule has 0 atom stereocenters. The van der Waals surface area contributed by atoms with Crippen LogP contribution in [0.4, 0.5) is 10.1 Å². The Kier molecular flexibility index (Phi) is 3.98. The third-order valence-electron chi connectivity index (χ3n) is 3.15. The summed E-state index contributed by atoms with van der Waals surface area (Å²) in [6.07, 6.45) is 1.01. The van der Waals surface area contributed by atoms with Gasteiger partial charge < -0.3 is 5.32 Å². The minimum absolute atomic E-state index is 0.163. The fraction of sp³-hybridized carbons (Fsp3) is 0.250. The zero-order valence-corrected chi connectivity index (χ0v) is 10.8. The van der Waals surface area contributed by atoms with Gasteiger partial charge in [0.15, 0.2) is 0 Å². The van der Waals surface area contributed by atoms with Gasteiger partial charge in [-0.2, -0.15) is 0 Å². The Labute approximate surface area is 108 Å². The first-order valence-corrected chi connectivity index (χ1v) is 6.27. The van der Waals surface area contributed by atoms with Gasteiger partial charge in [0.05, 0.1) is 0 Å². The Morgan fingerprint density at radius 2 is 1.78 bits per heavy atom. The summed E-state index contributed by atoms with van der Waals surface area (Å²) >= 11 is 0. The highest BCUT2D eigenvalue weighted by molar-refractivity contribution is 5.46. The van der Waals surface area contributed by atoms with Crippen molar-refractivity contribution in [1.29, 1.82) is 0 Å². The van der Waals surface area contributed by atoms with Crippen LogP contribution in [-0.4, -0.2) is 0 Å². The Morgan fingerprint density at radius 1 is 1.06 bits per heavy atom. The van der Waals surface area contributed by atoms with Gasteiger partial charge in [-0.25, -0.2) is 4.39 Å². The summed E-state index contributed by atoms with van der Waals surface area (Å²) in [5, 5.41) is 3.26. The molecule has 0 radical (unpaired) electrons. The molecule has 0 saturated heterocycles. The number of anilines is 1. The molecule has 0 heterocycles. The molecule has 0 amide bonds. The second-order valence-electron chi connectivity index (χ2n) is 4.44. The van der Waals surface area contributed by atoms with Crippen molar-refractivity contribution in [3.05, 3.63) is 65.0 Å². The maximum atomic E-state index is 13.4. The maximum absolute atomic E-state index is 13.4. The molecule has 2 aromatic carbocycles. The molecule has 1 N–H and O–H groups in total. The largest absolute Gasteiger partial charge is 0.381 e. The molecule has 94 valence electrons. The summed E-state index contributed by atoms with van der Waals surface area (Å²) in [5.74, 6) is -0.163. The molecule has 0 saturated carbocycles. The van der Waals surface area contributed by atoms with Crippen molar-refractivity contribution in [1.82, 2.24) is 0 Å². The van der Waals surface area contributed by atoms with E-state index in [1.54, 1.807) is 19.1 Å². The quantitative estimate of drug-likeness (QED) is 0.843. The summed E-state index contributed by atoms with van der Waals surface area (Å²) in [6.45, 7) is 4.64. The number of rotatable bonds is 4. The first kappa shape index (κ1) is 12.6. The number of hydrogen-bond acceptors (Lipinski definition) is 1. The van der Waals surface area contributed by atoms with E-state index in [4.69, 9.17) is 0 Å². The van der Waals surface area contributed by atoms with Crippen molar-refractivity contribution in [3.63, 3.8) is 0 Å². The maximum Gasteiger partial charge on any atom is 0.128 e. The highest BCUT2D eigenvalue weighted by Gasteiger charge is 2.01. The van der Waals surface area contributed by atoms with Gasteiger partial charge in [-0.3, -0.25) is 0 Å². The van der Waals surface area contributed by atoms with Crippen LogP contribution < -0.4 is 5.32 Å². The first-order valence-electron chi connectivity index (χ1n) is 6.27. The fourth-order valence-electron chi connectivity index (χ4n) is 1.97. The molecule has 0 spiro atoms. The highest BCUT2D eigenvalue weighted by Crippen LogP contribution is 2.16. The van der Waals surface area contributed by atoms with E-state index in [9.17, 15) is 4.39 Å². The van der Waals surface area contributed by atoms with Crippen LogP contribution in [0.1, 0.15) is 23.6 Å². The monoisotopic (exact) mass is 243 g/mol. The molecule has 1 nitrogen and oxygen atoms in total. The minimum atomic E-state index is -0.163. The highest BCUT2D eigenvalue weighted by atomic mass is 19.1. The number of halogens is 1. The van der Waals surface area contributed by atoms with Crippen molar-refractivity contribution in [2.24, 2.45) is 0 Å². The molecule has 0 unspecified atom stereocenters. The molecular formula is C16H18FN. The summed E-state index contributed by atoms with van der Waals surface area (Å²) in [7, 11) is 0. The summed E-state index contributed by atoms with van der Waals surface area (Å²) in [4.78, 5) is 0. The van der Waals surface area contributed by atoms with Crippen LogP contribution >= 0.6 is 0 Å². The van der Waals surface area contributed by atoms with Crippen LogP contribution in [0.3, 0.4) is 0 Å². The number of aryl methyl sites for hydroxylation is 2. The Morgan fingerprint density at radius 3 is 2.44 bits per heavy atom. The van der Waals surface area contributed by atoms with Crippen LogP contribution in [0.2, 0.25) is 0 Å². The predicted molar refractivity (Wildman–Crippen MR) is 74.3 cm³/mol. The van der Waals surface area contributed by atoms with Crippen molar-refractivity contribution in [3.8, 4) is 0 Å². The van der Waals surface area contributed by atoms with Crippen LogP contribution in [0.15, 0.2) is 42.5 Å². The number of hydrogen-bond donors (Lipinski definition) is 1. The van der Waals surface area contributed by atoms with Crippen molar-refractivity contribution < 1.29 is 4.39 Å². The molecule has 18 heavy (non-hydrogen) atoms. The molecule has 0 aliphatic rings. The molecule has 0 fully saturated rings. The lowest BCUT2D eigenvalue weighted by molar-refractivity contribution is 0.619. The summed E-state index contributed by atoms with van der Waals surface area (Å²) < 4.78 is 13.4. The summed E-state index contributed by atoms with van der Waals surface area (Å²) in [5.41, 5.74) is 4.09. The Bertz CT molecular complexity index is 534. The van der Waals surface area contributed by atoms with Crippen molar-refractivity contribution in [2.75, 3.05) is 5.32 Å². The van der Waals surface area contributed by atoms with Gasteiger partial charge in [-0.05, 0) is 42.2 Å². The van der Waals surface area contributed by atoms with E-state index in [-0.39, 0.29) is 5.82 Å². The molecule has 0 aromatic heterocycles. The smallest absolute Gasteiger partial charge is 0.128 e. The van der Waals surface area contributed by atoms with Crippen LogP contribution in [0.25, 0.3) is 0 Å². The Balaban J connectivity index is 2.09. The molecule has 2 rings (SSSR count). The lowest BCUT2D eigenvalue weighted by Gasteiger charge is -2.10. The Hall–Kier alpha value is -1.83. The van der Waals surface area contributed by atoms with Gasteiger partial charge in [0.1, 0.15) is 5.82 Å². The number of benzene rings is 2. The van der Waals surface area contributed by atoms with Gasteiger partial charge in [0.25, 0.3) is 0 Å². The average molecular weight is 243 g/mol. The van der Waals surface area contributed by atoms with Gasteiger partial charge in [0.2, 0.25) is 0 Å². The van der Waals surface area contributed by atoms with Gasteiger partial charge in [-0.1, -0.05) is 37.3 Å². The summed E-state index contributed by atoms with van der Waals surface area (Å²) in [6, 6.07) is 13.6. The van der Waals surface area contributed by atoms with E-state index in [0.717, 1.165) is 18.7 Å². The van der Waals surface area contributed by atoms with Gasteiger partial charge >= 0.3 is 0 Å². The third-order valence-corrected chi connectivity index (χ3v) is 3.15.